The third kappa shape index (κ3) is 4.68. The Balaban J connectivity index is 1.66. The molecule has 7 heteroatoms. The van der Waals surface area contributed by atoms with Crippen molar-refractivity contribution in [1.82, 2.24) is 14.9 Å². The Kier molecular flexibility index (Phi) is 6.26. The van der Waals surface area contributed by atoms with Crippen molar-refractivity contribution in [3.05, 3.63) is 78.1 Å². The van der Waals surface area contributed by atoms with Gasteiger partial charge in [-0.2, -0.15) is 0 Å². The number of rotatable bonds is 8. The van der Waals surface area contributed by atoms with Gasteiger partial charge in [0.25, 0.3) is 0 Å². The minimum Gasteiger partial charge on any atom is -0.493 e. The maximum Gasteiger partial charge on any atom is 0.224 e. The van der Waals surface area contributed by atoms with E-state index in [0.29, 0.717) is 17.3 Å². The molecule has 2 aromatic carbocycles. The van der Waals surface area contributed by atoms with Gasteiger partial charge < -0.3 is 19.4 Å². The number of aryl methyl sites for hydroxylation is 1. The van der Waals surface area contributed by atoms with Crippen LogP contribution in [0.25, 0.3) is 0 Å². The van der Waals surface area contributed by atoms with Gasteiger partial charge in [0.1, 0.15) is 17.7 Å². The zero-order chi connectivity index (χ0) is 19.9. The quantitative estimate of drug-likeness (QED) is 0.649. The molecule has 0 saturated carbocycles. The van der Waals surface area contributed by atoms with Gasteiger partial charge in [0.2, 0.25) is 5.91 Å². The molecule has 6 nitrogen and oxygen atoms in total. The number of aromatic nitrogens is 2. The molecule has 3 rings (SSSR count). The van der Waals surface area contributed by atoms with Gasteiger partial charge in [-0.05, 0) is 29.8 Å². The average Bonchev–Trinajstić information content (AvgIpc) is 3.13. The summed E-state index contributed by atoms with van der Waals surface area (Å²) < 4.78 is 26.0. The molecular weight excluding hydrogens is 361 g/mol. The fourth-order valence-corrected chi connectivity index (χ4v) is 2.83. The number of imidazole rings is 1. The van der Waals surface area contributed by atoms with Crippen LogP contribution in [-0.2, 0) is 11.8 Å². The zero-order valence-electron chi connectivity index (χ0n) is 15.8. The van der Waals surface area contributed by atoms with Crippen LogP contribution in [-0.4, -0.2) is 29.2 Å². The summed E-state index contributed by atoms with van der Waals surface area (Å²) in [6.07, 6.45) is 3.60. The molecule has 0 saturated heterocycles. The van der Waals surface area contributed by atoms with Crippen LogP contribution in [0, 0.1) is 5.82 Å². The molecular formula is C21H22FN3O3. The van der Waals surface area contributed by atoms with E-state index in [0.717, 1.165) is 5.56 Å². The summed E-state index contributed by atoms with van der Waals surface area (Å²) in [7, 11) is 3.41. The lowest BCUT2D eigenvalue weighted by atomic mass is 10.1. The van der Waals surface area contributed by atoms with Gasteiger partial charge >= 0.3 is 0 Å². The molecule has 0 radical (unpaired) electrons. The largest absolute Gasteiger partial charge is 0.493 e. The number of nitrogens with zero attached hydrogens (tertiary/aromatic N) is 2. The van der Waals surface area contributed by atoms with Crippen molar-refractivity contribution in [2.75, 3.05) is 13.7 Å². The van der Waals surface area contributed by atoms with E-state index in [1.807, 2.05) is 23.7 Å². The first-order valence-electron chi connectivity index (χ1n) is 8.86. The predicted molar refractivity (Wildman–Crippen MR) is 103 cm³/mol. The monoisotopic (exact) mass is 383 g/mol. The number of carbonyl (C=O) groups excluding carboxylic acids is 1. The van der Waals surface area contributed by atoms with Crippen molar-refractivity contribution in [2.24, 2.45) is 7.05 Å². The van der Waals surface area contributed by atoms with Crippen molar-refractivity contribution >= 4 is 5.91 Å². The first-order valence-corrected chi connectivity index (χ1v) is 8.86. The summed E-state index contributed by atoms with van der Waals surface area (Å²) in [5.41, 5.74) is 0.745. The normalized spacial score (nSPS) is 11.7. The second-order valence-electron chi connectivity index (χ2n) is 6.20. The van der Waals surface area contributed by atoms with Crippen LogP contribution < -0.4 is 14.8 Å². The average molecular weight is 383 g/mol. The summed E-state index contributed by atoms with van der Waals surface area (Å²) in [5, 5.41) is 2.95. The van der Waals surface area contributed by atoms with E-state index in [1.165, 1.54) is 12.1 Å². The fraction of sp³-hybridized carbons (Fsp3) is 0.238. The number of nitrogens with one attached hydrogen (secondary N) is 1. The van der Waals surface area contributed by atoms with Crippen molar-refractivity contribution in [2.45, 2.75) is 12.5 Å². The van der Waals surface area contributed by atoms with E-state index in [1.54, 1.807) is 43.8 Å². The van der Waals surface area contributed by atoms with Gasteiger partial charge in [-0.3, -0.25) is 4.79 Å². The Bertz CT molecular complexity index is 925. The van der Waals surface area contributed by atoms with Crippen molar-refractivity contribution in [3.63, 3.8) is 0 Å². The lowest BCUT2D eigenvalue weighted by molar-refractivity contribution is -0.122. The second kappa shape index (κ2) is 9.03. The molecule has 28 heavy (non-hydrogen) atoms. The molecule has 3 aromatic rings. The molecule has 1 amide bonds. The second-order valence-corrected chi connectivity index (χ2v) is 6.20. The van der Waals surface area contributed by atoms with E-state index in [2.05, 4.69) is 10.3 Å². The number of carbonyl (C=O) groups is 1. The lowest BCUT2D eigenvalue weighted by Gasteiger charge is -2.19. The van der Waals surface area contributed by atoms with Crippen molar-refractivity contribution < 1.29 is 18.7 Å². The Hall–Kier alpha value is -3.35. The van der Waals surface area contributed by atoms with E-state index < -0.39 is 6.04 Å². The van der Waals surface area contributed by atoms with E-state index in [-0.39, 0.29) is 24.8 Å². The fourth-order valence-electron chi connectivity index (χ4n) is 2.83. The van der Waals surface area contributed by atoms with Crippen molar-refractivity contribution in [1.29, 1.82) is 0 Å². The van der Waals surface area contributed by atoms with Gasteiger partial charge in [0.05, 0.1) is 20.1 Å². The Labute approximate surface area is 162 Å². The molecule has 1 unspecified atom stereocenters. The van der Waals surface area contributed by atoms with Gasteiger partial charge in [0, 0.05) is 19.4 Å². The summed E-state index contributed by atoms with van der Waals surface area (Å²) in [5.74, 6) is 1.31. The highest BCUT2D eigenvalue weighted by Crippen LogP contribution is 2.26. The third-order valence-corrected chi connectivity index (χ3v) is 4.28. The van der Waals surface area contributed by atoms with E-state index in [9.17, 15) is 9.18 Å². The van der Waals surface area contributed by atoms with Crippen LogP contribution in [0.2, 0.25) is 0 Å². The maximum atomic E-state index is 13.3. The van der Waals surface area contributed by atoms with Crippen LogP contribution in [0.1, 0.15) is 23.9 Å². The van der Waals surface area contributed by atoms with Crippen LogP contribution in [0.3, 0.4) is 0 Å². The SMILES string of the molecule is COc1ccccc1OCCC(=O)NC(c1ccc(F)cc1)c1nccn1C. The number of hydrogen-bond donors (Lipinski definition) is 1. The molecule has 1 N–H and O–H groups in total. The highest BCUT2D eigenvalue weighted by Gasteiger charge is 2.20. The third-order valence-electron chi connectivity index (χ3n) is 4.28. The molecule has 1 atom stereocenters. The van der Waals surface area contributed by atoms with Crippen molar-refractivity contribution in [3.8, 4) is 11.5 Å². The molecule has 1 heterocycles. The van der Waals surface area contributed by atoms with Crippen LogP contribution in [0.4, 0.5) is 4.39 Å². The van der Waals surface area contributed by atoms with E-state index >= 15 is 0 Å². The van der Waals surface area contributed by atoms with Crippen LogP contribution in [0.15, 0.2) is 60.9 Å². The molecule has 1 aromatic heterocycles. The smallest absolute Gasteiger partial charge is 0.224 e. The van der Waals surface area contributed by atoms with Gasteiger partial charge in [0.15, 0.2) is 11.5 Å². The number of hydrogen-bond acceptors (Lipinski definition) is 4. The number of para-hydroxylation sites is 2. The number of methoxy groups -OCH3 is 1. The van der Waals surface area contributed by atoms with Gasteiger partial charge in [-0.25, -0.2) is 9.37 Å². The molecule has 0 spiro atoms. The maximum absolute atomic E-state index is 13.3. The van der Waals surface area contributed by atoms with Crippen LogP contribution in [0.5, 0.6) is 11.5 Å². The lowest BCUT2D eigenvalue weighted by Crippen LogP contribution is -2.32. The highest BCUT2D eigenvalue weighted by atomic mass is 19.1. The molecule has 0 aliphatic heterocycles. The predicted octanol–water partition coefficient (Wildman–Crippen LogP) is 3.24. The highest BCUT2D eigenvalue weighted by molar-refractivity contribution is 5.77. The Morgan fingerprint density at radius 1 is 1.18 bits per heavy atom. The summed E-state index contributed by atoms with van der Waals surface area (Å²) in [6, 6.07) is 12.8. The molecule has 0 aliphatic carbocycles. The number of halogens is 1. The van der Waals surface area contributed by atoms with Gasteiger partial charge in [-0.1, -0.05) is 24.3 Å². The first-order chi connectivity index (χ1) is 13.6. The zero-order valence-corrected chi connectivity index (χ0v) is 15.8. The Morgan fingerprint density at radius 3 is 2.54 bits per heavy atom. The summed E-state index contributed by atoms with van der Waals surface area (Å²) >= 11 is 0. The minimum atomic E-state index is -0.487. The van der Waals surface area contributed by atoms with Gasteiger partial charge in [-0.15, -0.1) is 0 Å². The standard InChI is InChI=1S/C21H22FN3O3/c1-25-13-12-23-21(25)20(15-7-9-16(22)10-8-15)24-19(26)11-14-28-18-6-4-3-5-17(18)27-2/h3-10,12-13,20H,11,14H2,1-2H3,(H,24,26). The number of amides is 1. The Morgan fingerprint density at radius 2 is 1.89 bits per heavy atom. The number of benzene rings is 2. The molecule has 0 bridgehead atoms. The molecule has 146 valence electrons. The summed E-state index contributed by atoms with van der Waals surface area (Å²) in [6.45, 7) is 0.197. The number of ether oxygens (including phenoxy) is 2. The summed E-state index contributed by atoms with van der Waals surface area (Å²) in [4.78, 5) is 16.8. The minimum absolute atomic E-state index is 0.153. The molecule has 0 aliphatic rings. The molecule has 0 fully saturated rings. The van der Waals surface area contributed by atoms with Crippen LogP contribution >= 0.6 is 0 Å². The first kappa shape index (κ1) is 19.4. The van der Waals surface area contributed by atoms with E-state index in [4.69, 9.17) is 9.47 Å². The topological polar surface area (TPSA) is 65.4 Å².